The van der Waals surface area contributed by atoms with Crippen molar-refractivity contribution in [2.45, 2.75) is 13.5 Å². The Morgan fingerprint density at radius 3 is 3.05 bits per heavy atom. The normalized spacial score (nSPS) is 10.9. The maximum Gasteiger partial charge on any atom is 0.246 e. The zero-order valence-corrected chi connectivity index (χ0v) is 13.2. The van der Waals surface area contributed by atoms with Crippen molar-refractivity contribution >= 4 is 49.2 Å². The third kappa shape index (κ3) is 2.76. The molecule has 0 radical (unpaired) electrons. The van der Waals surface area contributed by atoms with E-state index < -0.39 is 0 Å². The zero-order chi connectivity index (χ0) is 14.1. The molecule has 0 unspecified atom stereocenters. The fourth-order valence-electron chi connectivity index (χ4n) is 2.02. The summed E-state index contributed by atoms with van der Waals surface area (Å²) in [5, 5.41) is 6.49. The number of carbonyl (C=O) groups is 1. The number of amides is 1. The molecule has 0 aliphatic heterocycles. The number of aryl methyl sites for hydroxylation is 1. The van der Waals surface area contributed by atoms with Gasteiger partial charge in [0.2, 0.25) is 5.91 Å². The summed E-state index contributed by atoms with van der Waals surface area (Å²) in [6.45, 7) is 2.18. The quantitative estimate of drug-likeness (QED) is 0.781. The van der Waals surface area contributed by atoms with E-state index in [1.54, 1.807) is 0 Å². The number of carbonyl (C=O) groups excluding carboxylic acids is 1. The second-order valence-corrected chi connectivity index (χ2v) is 6.26. The van der Waals surface area contributed by atoms with Crippen molar-refractivity contribution in [3.05, 3.63) is 46.0 Å². The molecule has 1 N–H and O–H groups in total. The lowest BCUT2D eigenvalue weighted by Gasteiger charge is -2.05. The van der Waals surface area contributed by atoms with Crippen molar-refractivity contribution in [2.75, 3.05) is 5.32 Å². The monoisotopic (exact) mass is 349 g/mol. The number of anilines is 1. The van der Waals surface area contributed by atoms with E-state index in [0.29, 0.717) is 5.13 Å². The van der Waals surface area contributed by atoms with Crippen LogP contribution in [0.15, 0.2) is 40.3 Å². The van der Waals surface area contributed by atoms with E-state index in [1.165, 1.54) is 11.3 Å². The van der Waals surface area contributed by atoms with E-state index in [4.69, 9.17) is 0 Å². The highest BCUT2D eigenvalue weighted by Crippen LogP contribution is 2.21. The molecule has 102 valence electrons. The first-order chi connectivity index (χ1) is 9.61. The molecule has 0 spiro atoms. The summed E-state index contributed by atoms with van der Waals surface area (Å²) < 4.78 is 2.93. The molecule has 0 bridgehead atoms. The van der Waals surface area contributed by atoms with Crippen LogP contribution in [0.1, 0.15) is 5.69 Å². The van der Waals surface area contributed by atoms with Gasteiger partial charge in [-0.1, -0.05) is 22.0 Å². The van der Waals surface area contributed by atoms with Crippen LogP contribution in [-0.2, 0) is 11.3 Å². The van der Waals surface area contributed by atoms with E-state index in [1.807, 2.05) is 47.3 Å². The summed E-state index contributed by atoms with van der Waals surface area (Å²) in [5.41, 5.74) is 1.95. The Morgan fingerprint density at radius 1 is 1.45 bits per heavy atom. The average molecular weight is 350 g/mol. The third-order valence-electron chi connectivity index (χ3n) is 2.92. The molecule has 1 amide bonds. The largest absolute Gasteiger partial charge is 0.338 e. The number of hydrogen-bond donors (Lipinski definition) is 1. The number of nitrogens with one attached hydrogen (secondary N) is 1. The Balaban J connectivity index is 1.79. The highest BCUT2D eigenvalue weighted by Gasteiger charge is 2.08. The zero-order valence-electron chi connectivity index (χ0n) is 10.8. The molecule has 4 nitrogen and oxygen atoms in total. The third-order valence-corrected chi connectivity index (χ3v) is 4.28. The van der Waals surface area contributed by atoms with Gasteiger partial charge < -0.3 is 9.88 Å². The molecule has 6 heteroatoms. The standard InChI is InChI=1S/C14H12BrN3OS/c1-9-8-20-14(16-9)17-13(19)7-18-5-4-10-2-3-11(15)6-12(10)18/h2-6,8H,7H2,1H3,(H,16,17,19). The van der Waals surface area contributed by atoms with Crippen LogP contribution in [0, 0.1) is 6.92 Å². The summed E-state index contributed by atoms with van der Waals surface area (Å²) in [7, 11) is 0. The van der Waals surface area contributed by atoms with Crippen molar-refractivity contribution in [3.8, 4) is 0 Å². The van der Waals surface area contributed by atoms with Crippen molar-refractivity contribution in [1.82, 2.24) is 9.55 Å². The van der Waals surface area contributed by atoms with E-state index in [9.17, 15) is 4.79 Å². The van der Waals surface area contributed by atoms with Gasteiger partial charge in [-0.15, -0.1) is 11.3 Å². The molecule has 1 aromatic carbocycles. The Labute approximate surface area is 128 Å². The Bertz CT molecular complexity index is 778. The number of thiazole rings is 1. The number of rotatable bonds is 3. The van der Waals surface area contributed by atoms with E-state index >= 15 is 0 Å². The minimum atomic E-state index is -0.0724. The second-order valence-electron chi connectivity index (χ2n) is 4.49. The number of benzene rings is 1. The van der Waals surface area contributed by atoms with Gasteiger partial charge in [-0.25, -0.2) is 4.98 Å². The van der Waals surface area contributed by atoms with Crippen LogP contribution in [0.5, 0.6) is 0 Å². The summed E-state index contributed by atoms with van der Waals surface area (Å²) in [6.07, 6.45) is 1.92. The molecule has 0 saturated carbocycles. The molecule has 3 aromatic rings. The predicted octanol–water partition coefficient (Wildman–Crippen LogP) is 3.81. The van der Waals surface area contributed by atoms with Gasteiger partial charge in [-0.2, -0.15) is 0 Å². The maximum atomic E-state index is 12.0. The Kier molecular flexibility index (Phi) is 3.58. The molecule has 0 atom stereocenters. The van der Waals surface area contributed by atoms with Crippen LogP contribution in [0.3, 0.4) is 0 Å². The molecule has 0 aliphatic carbocycles. The van der Waals surface area contributed by atoms with Gasteiger partial charge in [0.05, 0.1) is 5.69 Å². The molecule has 0 fully saturated rings. The van der Waals surface area contributed by atoms with Crippen LogP contribution in [0.4, 0.5) is 5.13 Å². The van der Waals surface area contributed by atoms with Crippen LogP contribution in [0.25, 0.3) is 10.9 Å². The number of aromatic nitrogens is 2. The van der Waals surface area contributed by atoms with Gasteiger partial charge in [0.25, 0.3) is 0 Å². The summed E-state index contributed by atoms with van der Waals surface area (Å²) >= 11 is 4.89. The van der Waals surface area contributed by atoms with Crippen molar-refractivity contribution < 1.29 is 4.79 Å². The van der Waals surface area contributed by atoms with Crippen molar-refractivity contribution in [2.24, 2.45) is 0 Å². The molecular formula is C14H12BrN3OS. The SMILES string of the molecule is Cc1csc(NC(=O)Cn2ccc3ccc(Br)cc32)n1. The van der Waals surface area contributed by atoms with Gasteiger partial charge >= 0.3 is 0 Å². The molecular weight excluding hydrogens is 338 g/mol. The molecule has 0 saturated heterocycles. The molecule has 3 rings (SSSR count). The Hall–Kier alpha value is -1.66. The van der Waals surface area contributed by atoms with E-state index in [2.05, 4.69) is 26.2 Å². The minimum absolute atomic E-state index is 0.0724. The number of fused-ring (bicyclic) bond motifs is 1. The lowest BCUT2D eigenvalue weighted by Crippen LogP contribution is -2.18. The molecule has 0 aliphatic rings. The highest BCUT2D eigenvalue weighted by molar-refractivity contribution is 9.10. The first kappa shape index (κ1) is 13.3. The van der Waals surface area contributed by atoms with Crippen molar-refractivity contribution in [1.29, 1.82) is 0 Å². The minimum Gasteiger partial charge on any atom is -0.338 e. The fourth-order valence-corrected chi connectivity index (χ4v) is 3.07. The molecule has 2 heterocycles. The van der Waals surface area contributed by atoms with Crippen LogP contribution < -0.4 is 5.32 Å². The van der Waals surface area contributed by atoms with Crippen LogP contribution >= 0.6 is 27.3 Å². The summed E-state index contributed by atoms with van der Waals surface area (Å²) in [6, 6.07) is 8.03. The first-order valence-electron chi connectivity index (χ1n) is 6.08. The van der Waals surface area contributed by atoms with E-state index in [-0.39, 0.29) is 12.5 Å². The molecule has 20 heavy (non-hydrogen) atoms. The van der Waals surface area contributed by atoms with Gasteiger partial charge in [-0.05, 0) is 30.5 Å². The Morgan fingerprint density at radius 2 is 2.30 bits per heavy atom. The average Bonchev–Trinajstić information content (AvgIpc) is 2.97. The van der Waals surface area contributed by atoms with Gasteiger partial charge in [0.15, 0.2) is 5.13 Å². The lowest BCUT2D eigenvalue weighted by molar-refractivity contribution is -0.116. The number of halogens is 1. The maximum absolute atomic E-state index is 12.0. The smallest absolute Gasteiger partial charge is 0.246 e. The summed E-state index contributed by atoms with van der Waals surface area (Å²) in [5.74, 6) is -0.0724. The first-order valence-corrected chi connectivity index (χ1v) is 7.75. The second kappa shape index (κ2) is 5.38. The van der Waals surface area contributed by atoms with Gasteiger partial charge in [0, 0.05) is 21.6 Å². The van der Waals surface area contributed by atoms with E-state index in [0.717, 1.165) is 21.1 Å². The van der Waals surface area contributed by atoms with Crippen molar-refractivity contribution in [3.63, 3.8) is 0 Å². The van der Waals surface area contributed by atoms with Crippen LogP contribution in [0.2, 0.25) is 0 Å². The topological polar surface area (TPSA) is 46.9 Å². The predicted molar refractivity (Wildman–Crippen MR) is 85.1 cm³/mol. The van der Waals surface area contributed by atoms with Crippen LogP contribution in [-0.4, -0.2) is 15.5 Å². The van der Waals surface area contributed by atoms with Gasteiger partial charge in [-0.3, -0.25) is 4.79 Å². The highest BCUT2D eigenvalue weighted by atomic mass is 79.9. The number of hydrogen-bond acceptors (Lipinski definition) is 3. The lowest BCUT2D eigenvalue weighted by atomic mass is 10.2. The fraction of sp³-hybridized carbons (Fsp3) is 0.143. The number of nitrogens with zero attached hydrogens (tertiary/aromatic N) is 2. The summed E-state index contributed by atoms with van der Waals surface area (Å²) in [4.78, 5) is 16.3. The van der Waals surface area contributed by atoms with Gasteiger partial charge in [0.1, 0.15) is 6.54 Å². The molecule has 2 aromatic heterocycles.